The van der Waals surface area contributed by atoms with Gasteiger partial charge in [0.15, 0.2) is 5.16 Å². The van der Waals surface area contributed by atoms with Crippen LogP contribution in [0.15, 0.2) is 11.2 Å². The number of hydrogen-bond donors (Lipinski definition) is 1. The van der Waals surface area contributed by atoms with Crippen molar-refractivity contribution in [2.75, 3.05) is 36.1 Å². The fraction of sp³-hybridized carbons (Fsp3) is 0.733. The van der Waals surface area contributed by atoms with Gasteiger partial charge in [0, 0.05) is 25.7 Å². The quantitative estimate of drug-likeness (QED) is 0.553. The van der Waals surface area contributed by atoms with Crippen LogP contribution in [0.25, 0.3) is 0 Å². The van der Waals surface area contributed by atoms with Crippen LogP contribution in [0.5, 0.6) is 0 Å². The molecule has 0 amide bonds. The highest BCUT2D eigenvalue weighted by molar-refractivity contribution is 7.98. The Hall–Kier alpha value is -0.970. The summed E-state index contributed by atoms with van der Waals surface area (Å²) in [6.45, 7) is 11.7. The number of anilines is 2. The predicted molar refractivity (Wildman–Crippen MR) is 89.9 cm³/mol. The lowest BCUT2D eigenvalue weighted by atomic mass is 10.0. The minimum atomic E-state index is 0.727. The molecule has 0 fully saturated rings. The molecule has 0 bridgehead atoms. The maximum Gasteiger partial charge on any atom is 0.191 e. The molecule has 0 radical (unpaired) electrons. The molecule has 0 saturated carbocycles. The Bertz CT molecular complexity index is 393. The number of nitrogens with one attached hydrogen (secondary N) is 1. The van der Waals surface area contributed by atoms with Gasteiger partial charge in [-0.2, -0.15) is 0 Å². The Balaban J connectivity index is 2.97. The lowest BCUT2D eigenvalue weighted by molar-refractivity contribution is 0.484. The molecule has 114 valence electrons. The van der Waals surface area contributed by atoms with Gasteiger partial charge in [-0.3, -0.25) is 0 Å². The van der Waals surface area contributed by atoms with Gasteiger partial charge < -0.3 is 10.2 Å². The van der Waals surface area contributed by atoms with Gasteiger partial charge in [0.25, 0.3) is 0 Å². The summed E-state index contributed by atoms with van der Waals surface area (Å²) < 4.78 is 0. The fourth-order valence-electron chi connectivity index (χ4n) is 2.18. The second-order valence-corrected chi connectivity index (χ2v) is 5.62. The van der Waals surface area contributed by atoms with E-state index in [9.17, 15) is 0 Å². The second kappa shape index (κ2) is 9.06. The summed E-state index contributed by atoms with van der Waals surface area (Å²) in [4.78, 5) is 11.5. The molecule has 1 rings (SSSR count). The third-order valence-corrected chi connectivity index (χ3v) is 4.12. The Labute approximate surface area is 127 Å². The lowest BCUT2D eigenvalue weighted by Crippen LogP contribution is -2.30. The first-order valence-electron chi connectivity index (χ1n) is 7.60. The Kier molecular flexibility index (Phi) is 7.73. The summed E-state index contributed by atoms with van der Waals surface area (Å²) in [5.41, 5.74) is 0. The van der Waals surface area contributed by atoms with E-state index < -0.39 is 0 Å². The van der Waals surface area contributed by atoms with E-state index in [1.807, 2.05) is 6.26 Å². The van der Waals surface area contributed by atoms with Crippen molar-refractivity contribution in [3.8, 4) is 0 Å². The molecule has 1 N–H and O–H groups in total. The normalized spacial score (nSPS) is 10.9. The predicted octanol–water partition coefficient (Wildman–Crippen LogP) is 3.89. The van der Waals surface area contributed by atoms with Crippen molar-refractivity contribution in [1.82, 2.24) is 9.97 Å². The van der Waals surface area contributed by atoms with Crippen molar-refractivity contribution < 1.29 is 0 Å². The van der Waals surface area contributed by atoms with Gasteiger partial charge in [0.1, 0.15) is 11.6 Å². The van der Waals surface area contributed by atoms with E-state index >= 15 is 0 Å². The maximum absolute atomic E-state index is 4.66. The van der Waals surface area contributed by atoms with Gasteiger partial charge >= 0.3 is 0 Å². The zero-order chi connectivity index (χ0) is 15.0. The maximum atomic E-state index is 4.66. The molecule has 5 heteroatoms. The molecule has 0 spiro atoms. The van der Waals surface area contributed by atoms with Crippen molar-refractivity contribution in [3.05, 3.63) is 6.07 Å². The summed E-state index contributed by atoms with van der Waals surface area (Å²) >= 11 is 1.59. The molecular weight excluding hydrogens is 268 g/mol. The molecule has 0 aromatic carbocycles. The number of thioether (sulfide) groups is 1. The molecule has 4 nitrogen and oxygen atoms in total. The highest BCUT2D eigenvalue weighted by atomic mass is 32.2. The van der Waals surface area contributed by atoms with E-state index in [1.54, 1.807) is 11.8 Å². The van der Waals surface area contributed by atoms with E-state index in [2.05, 4.69) is 53.9 Å². The van der Waals surface area contributed by atoms with Gasteiger partial charge in [0.05, 0.1) is 0 Å². The first-order valence-corrected chi connectivity index (χ1v) is 8.82. The van der Waals surface area contributed by atoms with E-state index in [4.69, 9.17) is 0 Å². The Morgan fingerprint density at radius 2 is 1.90 bits per heavy atom. The van der Waals surface area contributed by atoms with E-state index in [1.165, 1.54) is 12.8 Å². The summed E-state index contributed by atoms with van der Waals surface area (Å²) in [6, 6.07) is 2.06. The first-order chi connectivity index (χ1) is 9.68. The van der Waals surface area contributed by atoms with Crippen LogP contribution < -0.4 is 10.2 Å². The largest absolute Gasteiger partial charge is 0.370 e. The van der Waals surface area contributed by atoms with Crippen molar-refractivity contribution in [2.45, 2.75) is 45.7 Å². The minimum Gasteiger partial charge on any atom is -0.370 e. The number of rotatable bonds is 9. The molecule has 0 saturated heterocycles. The summed E-state index contributed by atoms with van der Waals surface area (Å²) in [7, 11) is 0. The Morgan fingerprint density at radius 1 is 1.20 bits per heavy atom. The van der Waals surface area contributed by atoms with Crippen LogP contribution in [0, 0.1) is 5.92 Å². The molecule has 0 aliphatic heterocycles. The first kappa shape index (κ1) is 17.1. The fourth-order valence-corrected chi connectivity index (χ4v) is 2.56. The monoisotopic (exact) mass is 296 g/mol. The van der Waals surface area contributed by atoms with Gasteiger partial charge in [-0.05, 0) is 26.0 Å². The summed E-state index contributed by atoms with van der Waals surface area (Å²) in [5, 5.41) is 4.13. The van der Waals surface area contributed by atoms with Crippen LogP contribution in [-0.2, 0) is 0 Å². The average Bonchev–Trinajstić information content (AvgIpc) is 2.48. The van der Waals surface area contributed by atoms with Crippen LogP contribution in [0.2, 0.25) is 0 Å². The summed E-state index contributed by atoms with van der Waals surface area (Å²) in [5.74, 6) is 2.68. The van der Waals surface area contributed by atoms with Gasteiger partial charge in [-0.15, -0.1) is 0 Å². The highest BCUT2D eigenvalue weighted by Gasteiger charge is 2.14. The molecule has 0 unspecified atom stereocenters. The number of aromatic nitrogens is 2. The summed E-state index contributed by atoms with van der Waals surface area (Å²) in [6.07, 6.45) is 4.45. The molecule has 0 atom stereocenters. The van der Waals surface area contributed by atoms with Crippen molar-refractivity contribution >= 4 is 23.4 Å². The Morgan fingerprint density at radius 3 is 2.40 bits per heavy atom. The SMILES string of the molecule is CCNc1cc(N(CC)CC(CC)CC)nc(SC)n1. The topological polar surface area (TPSA) is 41.0 Å². The second-order valence-electron chi connectivity index (χ2n) is 4.85. The van der Waals surface area contributed by atoms with Crippen molar-refractivity contribution in [2.24, 2.45) is 5.92 Å². The average molecular weight is 296 g/mol. The highest BCUT2D eigenvalue weighted by Crippen LogP contribution is 2.22. The van der Waals surface area contributed by atoms with E-state index in [-0.39, 0.29) is 0 Å². The number of nitrogens with zero attached hydrogens (tertiary/aromatic N) is 3. The van der Waals surface area contributed by atoms with Crippen molar-refractivity contribution in [1.29, 1.82) is 0 Å². The van der Waals surface area contributed by atoms with Crippen molar-refractivity contribution in [3.63, 3.8) is 0 Å². The van der Waals surface area contributed by atoms with E-state index in [0.29, 0.717) is 0 Å². The van der Waals surface area contributed by atoms with Gasteiger partial charge in [-0.1, -0.05) is 38.5 Å². The molecule has 1 aromatic rings. The molecular formula is C15H28N4S. The van der Waals surface area contributed by atoms with Gasteiger partial charge in [-0.25, -0.2) is 9.97 Å². The molecule has 1 heterocycles. The standard InChI is InChI=1S/C15H28N4S/c1-6-12(7-2)11-19(9-4)14-10-13(16-8-3)17-15(18-14)20-5/h10,12H,6-9,11H2,1-5H3,(H,16,17,18). The van der Waals surface area contributed by atoms with Gasteiger partial charge in [0.2, 0.25) is 0 Å². The number of hydrogen-bond acceptors (Lipinski definition) is 5. The van der Waals surface area contributed by atoms with Crippen LogP contribution in [0.1, 0.15) is 40.5 Å². The third-order valence-electron chi connectivity index (χ3n) is 3.57. The van der Waals surface area contributed by atoms with Crippen LogP contribution >= 0.6 is 11.8 Å². The third kappa shape index (κ3) is 4.85. The smallest absolute Gasteiger partial charge is 0.191 e. The zero-order valence-corrected chi connectivity index (χ0v) is 14.3. The zero-order valence-electron chi connectivity index (χ0n) is 13.4. The van der Waals surface area contributed by atoms with E-state index in [0.717, 1.165) is 42.3 Å². The molecule has 20 heavy (non-hydrogen) atoms. The minimum absolute atomic E-state index is 0.727. The lowest BCUT2D eigenvalue weighted by Gasteiger charge is -2.27. The van der Waals surface area contributed by atoms with Crippen LogP contribution in [0.4, 0.5) is 11.6 Å². The van der Waals surface area contributed by atoms with Crippen LogP contribution in [0.3, 0.4) is 0 Å². The molecule has 0 aliphatic rings. The molecule has 0 aliphatic carbocycles. The molecule has 1 aromatic heterocycles. The van der Waals surface area contributed by atoms with Crippen LogP contribution in [-0.4, -0.2) is 35.9 Å².